The van der Waals surface area contributed by atoms with E-state index in [2.05, 4.69) is 35.8 Å². The van der Waals surface area contributed by atoms with Gasteiger partial charge in [0.2, 0.25) is 5.91 Å². The van der Waals surface area contributed by atoms with Gasteiger partial charge in [-0.2, -0.15) is 0 Å². The van der Waals surface area contributed by atoms with Gasteiger partial charge in [0.15, 0.2) is 0 Å². The highest BCUT2D eigenvalue weighted by molar-refractivity contribution is 7.98. The first-order chi connectivity index (χ1) is 8.78. The molecule has 2 aromatic rings. The second-order valence-electron chi connectivity index (χ2n) is 4.28. The van der Waals surface area contributed by atoms with Crippen molar-refractivity contribution in [2.24, 2.45) is 0 Å². The van der Waals surface area contributed by atoms with Crippen LogP contribution in [0.3, 0.4) is 0 Å². The van der Waals surface area contributed by atoms with E-state index in [-0.39, 0.29) is 11.8 Å². The fourth-order valence-electron chi connectivity index (χ4n) is 2.28. The molecule has 2 heterocycles. The number of anilines is 1. The SMILES string of the molecule is CSc1ccc(C2CC(=O)Nc3ccsc32)cc1. The molecular formula is C14H13NOS2. The first-order valence-corrected chi connectivity index (χ1v) is 7.89. The quantitative estimate of drug-likeness (QED) is 0.841. The van der Waals surface area contributed by atoms with Crippen molar-refractivity contribution >= 4 is 34.7 Å². The number of rotatable bonds is 2. The smallest absolute Gasteiger partial charge is 0.225 e. The van der Waals surface area contributed by atoms with E-state index in [1.54, 1.807) is 23.1 Å². The van der Waals surface area contributed by atoms with Crippen LogP contribution in [0.2, 0.25) is 0 Å². The van der Waals surface area contributed by atoms with Gasteiger partial charge in [-0.25, -0.2) is 0 Å². The molecular weight excluding hydrogens is 262 g/mol. The van der Waals surface area contributed by atoms with Gasteiger partial charge in [-0.3, -0.25) is 4.79 Å². The van der Waals surface area contributed by atoms with Crippen molar-refractivity contribution in [2.75, 3.05) is 11.6 Å². The van der Waals surface area contributed by atoms with Crippen molar-refractivity contribution in [1.29, 1.82) is 0 Å². The molecule has 1 atom stereocenters. The van der Waals surface area contributed by atoms with Gasteiger partial charge in [0.25, 0.3) is 0 Å². The first-order valence-electron chi connectivity index (χ1n) is 5.79. The van der Waals surface area contributed by atoms with Crippen molar-refractivity contribution in [1.82, 2.24) is 0 Å². The molecule has 1 aliphatic heterocycles. The van der Waals surface area contributed by atoms with E-state index in [9.17, 15) is 4.79 Å². The Hall–Kier alpha value is -1.26. The van der Waals surface area contributed by atoms with Crippen molar-refractivity contribution in [3.63, 3.8) is 0 Å². The van der Waals surface area contributed by atoms with Gasteiger partial charge in [-0.15, -0.1) is 23.1 Å². The summed E-state index contributed by atoms with van der Waals surface area (Å²) in [4.78, 5) is 14.2. The molecule has 0 saturated carbocycles. The Labute approximate surface area is 114 Å². The molecule has 4 heteroatoms. The van der Waals surface area contributed by atoms with E-state index in [1.165, 1.54) is 15.3 Å². The Balaban J connectivity index is 1.99. The van der Waals surface area contributed by atoms with Gasteiger partial charge in [-0.1, -0.05) is 12.1 Å². The van der Waals surface area contributed by atoms with E-state index in [1.807, 2.05) is 11.4 Å². The standard InChI is InChI=1S/C14H13NOS2/c1-17-10-4-2-9(3-5-10)11-8-13(16)15-12-6-7-18-14(11)12/h2-7,11H,8H2,1H3,(H,15,16). The average molecular weight is 275 g/mol. The van der Waals surface area contributed by atoms with Crippen molar-refractivity contribution < 1.29 is 4.79 Å². The van der Waals surface area contributed by atoms with Crippen LogP contribution in [0.1, 0.15) is 22.8 Å². The monoisotopic (exact) mass is 275 g/mol. The Morgan fingerprint density at radius 1 is 1.28 bits per heavy atom. The topological polar surface area (TPSA) is 29.1 Å². The lowest BCUT2D eigenvalue weighted by Crippen LogP contribution is -2.21. The fourth-order valence-corrected chi connectivity index (χ4v) is 3.67. The zero-order valence-electron chi connectivity index (χ0n) is 9.97. The third kappa shape index (κ3) is 2.06. The predicted octanol–water partition coefficient (Wildman–Crippen LogP) is 3.94. The van der Waals surface area contributed by atoms with Crippen LogP contribution in [0.25, 0.3) is 0 Å². The number of carbonyl (C=O) groups is 1. The van der Waals surface area contributed by atoms with E-state index in [0.29, 0.717) is 6.42 Å². The number of fused-ring (bicyclic) bond motifs is 1. The summed E-state index contributed by atoms with van der Waals surface area (Å²) in [5.41, 5.74) is 2.21. The van der Waals surface area contributed by atoms with E-state index >= 15 is 0 Å². The highest BCUT2D eigenvalue weighted by Crippen LogP contribution is 2.40. The molecule has 0 aliphatic carbocycles. The number of thioether (sulfide) groups is 1. The second-order valence-corrected chi connectivity index (χ2v) is 6.10. The maximum Gasteiger partial charge on any atom is 0.225 e. The van der Waals surface area contributed by atoms with E-state index < -0.39 is 0 Å². The first kappa shape index (κ1) is 11.8. The van der Waals surface area contributed by atoms with E-state index in [4.69, 9.17) is 0 Å². The maximum absolute atomic E-state index is 11.7. The molecule has 0 saturated heterocycles. The molecule has 2 nitrogen and oxygen atoms in total. The fraction of sp³-hybridized carbons (Fsp3) is 0.214. The third-order valence-corrected chi connectivity index (χ3v) is 4.97. The van der Waals surface area contributed by atoms with Crippen LogP contribution >= 0.6 is 23.1 Å². The molecule has 1 amide bonds. The second kappa shape index (κ2) is 4.78. The number of carbonyl (C=O) groups excluding carboxylic acids is 1. The Morgan fingerprint density at radius 2 is 2.06 bits per heavy atom. The Morgan fingerprint density at radius 3 is 2.78 bits per heavy atom. The molecule has 1 aliphatic rings. The highest BCUT2D eigenvalue weighted by Gasteiger charge is 2.27. The van der Waals surface area contributed by atoms with Crippen molar-refractivity contribution in [3.8, 4) is 0 Å². The zero-order valence-corrected chi connectivity index (χ0v) is 11.6. The highest BCUT2D eigenvalue weighted by atomic mass is 32.2. The van der Waals surface area contributed by atoms with Gasteiger partial charge >= 0.3 is 0 Å². The summed E-state index contributed by atoms with van der Waals surface area (Å²) in [5.74, 6) is 0.324. The Kier molecular flexibility index (Phi) is 3.14. The summed E-state index contributed by atoms with van der Waals surface area (Å²) in [7, 11) is 0. The number of thiophene rings is 1. The number of nitrogens with one attached hydrogen (secondary N) is 1. The van der Waals surface area contributed by atoms with Gasteiger partial charge in [0, 0.05) is 22.1 Å². The summed E-state index contributed by atoms with van der Waals surface area (Å²) in [6, 6.07) is 10.5. The number of amides is 1. The van der Waals surface area contributed by atoms with Gasteiger partial charge < -0.3 is 5.32 Å². The minimum absolute atomic E-state index is 0.111. The lowest BCUT2D eigenvalue weighted by atomic mass is 9.91. The number of hydrogen-bond acceptors (Lipinski definition) is 3. The average Bonchev–Trinajstić information content (AvgIpc) is 2.86. The van der Waals surface area contributed by atoms with Crippen LogP contribution in [0, 0.1) is 0 Å². The maximum atomic E-state index is 11.7. The van der Waals surface area contributed by atoms with Crippen LogP contribution in [-0.2, 0) is 4.79 Å². The molecule has 18 heavy (non-hydrogen) atoms. The largest absolute Gasteiger partial charge is 0.325 e. The molecule has 1 aromatic heterocycles. The molecule has 3 rings (SSSR count). The Bertz CT molecular complexity index is 574. The van der Waals surface area contributed by atoms with Gasteiger partial charge in [0.1, 0.15) is 0 Å². The number of hydrogen-bond donors (Lipinski definition) is 1. The molecule has 0 bridgehead atoms. The summed E-state index contributed by atoms with van der Waals surface area (Å²) in [6.07, 6.45) is 2.62. The lowest BCUT2D eigenvalue weighted by molar-refractivity contribution is -0.116. The third-order valence-electron chi connectivity index (χ3n) is 3.19. The molecule has 1 aromatic carbocycles. The van der Waals surface area contributed by atoms with Gasteiger partial charge in [0.05, 0.1) is 5.69 Å². The van der Waals surface area contributed by atoms with Crippen molar-refractivity contribution in [2.45, 2.75) is 17.2 Å². The minimum Gasteiger partial charge on any atom is -0.325 e. The van der Waals surface area contributed by atoms with E-state index in [0.717, 1.165) is 5.69 Å². The molecule has 92 valence electrons. The van der Waals surface area contributed by atoms with Crippen LogP contribution in [0.4, 0.5) is 5.69 Å². The zero-order chi connectivity index (χ0) is 12.5. The predicted molar refractivity (Wildman–Crippen MR) is 77.6 cm³/mol. The van der Waals surface area contributed by atoms with Gasteiger partial charge in [-0.05, 0) is 35.4 Å². The van der Waals surface area contributed by atoms with Crippen LogP contribution in [0.15, 0.2) is 40.6 Å². The minimum atomic E-state index is 0.111. The van der Waals surface area contributed by atoms with Crippen LogP contribution in [0.5, 0.6) is 0 Å². The lowest BCUT2D eigenvalue weighted by Gasteiger charge is -2.22. The molecule has 0 spiro atoms. The molecule has 0 fully saturated rings. The van der Waals surface area contributed by atoms with Crippen molar-refractivity contribution in [3.05, 3.63) is 46.2 Å². The summed E-state index contributed by atoms with van der Waals surface area (Å²) >= 11 is 3.46. The summed E-state index contributed by atoms with van der Waals surface area (Å²) in [6.45, 7) is 0. The molecule has 0 radical (unpaired) electrons. The normalized spacial score (nSPS) is 18.3. The molecule has 1 N–H and O–H groups in total. The van der Waals surface area contributed by atoms with Crippen LogP contribution in [-0.4, -0.2) is 12.2 Å². The summed E-state index contributed by atoms with van der Waals surface area (Å²) in [5, 5.41) is 4.97. The van der Waals surface area contributed by atoms with Crippen LogP contribution < -0.4 is 5.32 Å². The molecule has 1 unspecified atom stereocenters. The summed E-state index contributed by atoms with van der Waals surface area (Å²) < 4.78 is 0. The number of benzene rings is 1.